The summed E-state index contributed by atoms with van der Waals surface area (Å²) in [5, 5.41) is 1.20. The summed E-state index contributed by atoms with van der Waals surface area (Å²) in [5.74, 6) is 0.713. The van der Waals surface area contributed by atoms with Crippen molar-refractivity contribution >= 4 is 27.7 Å². The van der Waals surface area contributed by atoms with E-state index in [4.69, 9.17) is 0 Å². The van der Waals surface area contributed by atoms with Crippen LogP contribution >= 0.6 is 27.7 Å². The van der Waals surface area contributed by atoms with Gasteiger partial charge in [-0.3, -0.25) is 0 Å². The molecule has 0 aliphatic rings. The lowest BCUT2D eigenvalue weighted by Gasteiger charge is -2.12. The van der Waals surface area contributed by atoms with Crippen LogP contribution in [0.5, 0.6) is 0 Å². The van der Waals surface area contributed by atoms with Gasteiger partial charge >= 0.3 is 0 Å². The second-order valence-electron chi connectivity index (χ2n) is 5.35. The minimum absolute atomic E-state index is 0.713. The Morgan fingerprint density at radius 1 is 0.739 bits per heavy atom. The van der Waals surface area contributed by atoms with Gasteiger partial charge in [0.05, 0.1) is 0 Å². The molecule has 3 atom stereocenters. The predicted molar refractivity (Wildman–Crippen MR) is 120 cm³/mol. The van der Waals surface area contributed by atoms with Gasteiger partial charge in [0.15, 0.2) is 0 Å². The fourth-order valence-corrected chi connectivity index (χ4v) is 3.27. The van der Waals surface area contributed by atoms with Crippen molar-refractivity contribution in [3.63, 3.8) is 0 Å². The van der Waals surface area contributed by atoms with E-state index >= 15 is 0 Å². The lowest BCUT2D eigenvalue weighted by Crippen LogP contribution is -2.04. The Bertz CT molecular complexity index is 513. The molecular weight excluding hydrogens is 333 g/mol. The Labute approximate surface area is 151 Å². The number of rotatable bonds is 9. The van der Waals surface area contributed by atoms with Crippen LogP contribution in [-0.2, 0) is 0 Å². The topological polar surface area (TPSA) is 0 Å². The van der Waals surface area contributed by atoms with E-state index in [2.05, 4.69) is 97.1 Å². The van der Waals surface area contributed by atoms with Crippen LogP contribution in [0.15, 0.2) is 70.6 Å². The highest BCUT2D eigenvalue weighted by atomic mass is 31.0. The summed E-state index contributed by atoms with van der Waals surface area (Å²) in [5.41, 5.74) is 3.90. The maximum atomic E-state index is 2.86. The normalized spacial score (nSPS) is 15.5. The van der Waals surface area contributed by atoms with Crippen molar-refractivity contribution in [2.24, 2.45) is 5.92 Å². The third-order valence-electron chi connectivity index (χ3n) is 3.78. The van der Waals surface area contributed by atoms with Gasteiger partial charge in [0, 0.05) is 0 Å². The fraction of sp³-hybridized carbons (Fsp3) is 0.400. The summed E-state index contributed by atoms with van der Waals surface area (Å²) in [6, 6.07) is 0. The molecule has 0 aliphatic carbocycles. The molecule has 0 heterocycles. The van der Waals surface area contributed by atoms with Gasteiger partial charge in [-0.05, 0) is 68.8 Å². The lowest BCUT2D eigenvalue weighted by molar-refractivity contribution is 0.672. The Morgan fingerprint density at radius 2 is 1.26 bits per heavy atom. The Morgan fingerprint density at radius 3 is 1.65 bits per heavy atom. The highest BCUT2D eigenvalue weighted by Gasteiger charge is 2.05. The third kappa shape index (κ3) is 9.57. The number of hydrogen-bond acceptors (Lipinski definition) is 0. The van der Waals surface area contributed by atoms with Crippen molar-refractivity contribution in [3.05, 3.63) is 70.6 Å². The van der Waals surface area contributed by atoms with E-state index in [0.717, 1.165) is 18.7 Å². The smallest absolute Gasteiger partial charge is 0.0230 e. The molecule has 128 valence electrons. The summed E-state index contributed by atoms with van der Waals surface area (Å²) in [6.07, 6.45) is 20.9. The maximum Gasteiger partial charge on any atom is -0.0230 e. The summed E-state index contributed by atoms with van der Waals surface area (Å²) in [4.78, 5) is 0. The Hall–Kier alpha value is -0.270. The molecule has 0 aromatic heterocycles. The van der Waals surface area contributed by atoms with E-state index in [9.17, 15) is 0 Å². The molecule has 0 nitrogen and oxygen atoms in total. The van der Waals surface area contributed by atoms with E-state index in [1.807, 2.05) is 6.92 Å². The van der Waals surface area contributed by atoms with E-state index < -0.39 is 0 Å². The zero-order chi connectivity index (χ0) is 17.7. The molecule has 3 unspecified atom stereocenters. The average molecular weight is 366 g/mol. The molecule has 0 aliphatic heterocycles. The molecule has 0 saturated carbocycles. The molecule has 0 fully saturated rings. The molecule has 0 spiro atoms. The van der Waals surface area contributed by atoms with Crippen LogP contribution in [-0.4, -0.2) is 12.3 Å². The molecule has 0 aromatic carbocycles. The SMILES string of the molecule is C\C=C(/C=C\C(=C/C)C(\C=C/C(P)=C\C)=C\C)CC(CP)CP. The summed E-state index contributed by atoms with van der Waals surface area (Å²) in [7, 11) is 8.47. The molecule has 0 N–H and O–H groups in total. The third-order valence-corrected chi connectivity index (χ3v) is 5.64. The molecule has 0 amide bonds. The van der Waals surface area contributed by atoms with Crippen molar-refractivity contribution in [1.29, 1.82) is 0 Å². The average Bonchev–Trinajstić information content (AvgIpc) is 2.59. The van der Waals surface area contributed by atoms with Gasteiger partial charge < -0.3 is 0 Å². The molecule has 0 bridgehead atoms. The van der Waals surface area contributed by atoms with Crippen molar-refractivity contribution < 1.29 is 0 Å². The molecule has 0 radical (unpaired) electrons. The first kappa shape index (κ1) is 22.7. The largest absolute Gasteiger partial charge is 0.137 e. The van der Waals surface area contributed by atoms with Crippen molar-refractivity contribution in [2.75, 3.05) is 12.3 Å². The van der Waals surface area contributed by atoms with Gasteiger partial charge in [0.1, 0.15) is 0 Å². The number of allylic oxidation sites excluding steroid dienone is 12. The van der Waals surface area contributed by atoms with Crippen LogP contribution in [0, 0.1) is 5.92 Å². The lowest BCUT2D eigenvalue weighted by atomic mass is 9.99. The van der Waals surface area contributed by atoms with Gasteiger partial charge in [0.2, 0.25) is 0 Å². The van der Waals surface area contributed by atoms with E-state index in [-0.39, 0.29) is 0 Å². The first-order chi connectivity index (χ1) is 11.1. The first-order valence-electron chi connectivity index (χ1n) is 8.22. The van der Waals surface area contributed by atoms with Crippen LogP contribution in [0.3, 0.4) is 0 Å². The van der Waals surface area contributed by atoms with Gasteiger partial charge in [-0.2, -0.15) is 0 Å². The minimum Gasteiger partial charge on any atom is -0.137 e. The highest BCUT2D eigenvalue weighted by molar-refractivity contribution is 7.22. The Kier molecular flexibility index (Phi) is 13.9. The molecular formula is C20H33P3. The molecule has 23 heavy (non-hydrogen) atoms. The summed E-state index contributed by atoms with van der Waals surface area (Å²) >= 11 is 0. The van der Waals surface area contributed by atoms with Gasteiger partial charge in [-0.1, -0.05) is 54.2 Å². The summed E-state index contributed by atoms with van der Waals surface area (Å²) in [6.45, 7) is 8.36. The van der Waals surface area contributed by atoms with Crippen molar-refractivity contribution in [3.8, 4) is 0 Å². The molecule has 3 heteroatoms. The maximum absolute atomic E-state index is 2.86. The first-order valence-corrected chi connectivity index (χ1v) is 10.4. The monoisotopic (exact) mass is 366 g/mol. The van der Waals surface area contributed by atoms with E-state index in [1.54, 1.807) is 0 Å². The highest BCUT2D eigenvalue weighted by Crippen LogP contribution is 2.21. The van der Waals surface area contributed by atoms with E-state index in [0.29, 0.717) is 5.92 Å². The van der Waals surface area contributed by atoms with Crippen LogP contribution in [0.2, 0.25) is 0 Å². The summed E-state index contributed by atoms with van der Waals surface area (Å²) < 4.78 is 0. The standard InChI is InChI=1S/C20H33P3/c1-5-16(13-17(14-21)15-22)9-10-18(6-2)19(7-3)11-12-20(23)8-4/h5-12,17H,13-15,21-23H2,1-4H3/b10-9-,12-11-,16-5+,18-6+,19-7+,20-8+. The van der Waals surface area contributed by atoms with E-state index in [1.165, 1.54) is 22.0 Å². The molecule has 0 aromatic rings. The predicted octanol–water partition coefficient (Wildman–Crippen LogP) is 6.47. The van der Waals surface area contributed by atoms with Gasteiger partial charge in [-0.15, -0.1) is 27.7 Å². The van der Waals surface area contributed by atoms with Gasteiger partial charge in [0.25, 0.3) is 0 Å². The zero-order valence-corrected chi connectivity index (χ0v) is 18.5. The van der Waals surface area contributed by atoms with Crippen LogP contribution in [0.25, 0.3) is 0 Å². The minimum atomic E-state index is 0.713. The van der Waals surface area contributed by atoms with Crippen LogP contribution < -0.4 is 0 Å². The Balaban J connectivity index is 5.15. The van der Waals surface area contributed by atoms with Crippen LogP contribution in [0.1, 0.15) is 34.1 Å². The second-order valence-corrected chi connectivity index (χ2v) is 6.96. The second kappa shape index (κ2) is 14.1. The quantitative estimate of drug-likeness (QED) is 0.324. The molecule has 0 rings (SSSR count). The van der Waals surface area contributed by atoms with Gasteiger partial charge in [-0.25, -0.2) is 0 Å². The fourth-order valence-electron chi connectivity index (χ4n) is 2.08. The van der Waals surface area contributed by atoms with Crippen molar-refractivity contribution in [2.45, 2.75) is 34.1 Å². The number of hydrogen-bond donors (Lipinski definition) is 0. The zero-order valence-electron chi connectivity index (χ0n) is 15.0. The van der Waals surface area contributed by atoms with Crippen LogP contribution in [0.4, 0.5) is 0 Å². The van der Waals surface area contributed by atoms with Crippen molar-refractivity contribution in [1.82, 2.24) is 0 Å². The molecule has 0 saturated heterocycles.